The first-order valence-corrected chi connectivity index (χ1v) is 9.34. The van der Waals surface area contributed by atoms with Crippen LogP contribution in [-0.2, 0) is 11.2 Å². The van der Waals surface area contributed by atoms with Crippen molar-refractivity contribution in [2.45, 2.75) is 18.9 Å². The molecule has 0 fully saturated rings. The van der Waals surface area contributed by atoms with E-state index in [0.717, 1.165) is 22.1 Å². The first kappa shape index (κ1) is 17.7. The van der Waals surface area contributed by atoms with Crippen molar-refractivity contribution < 1.29 is 9.53 Å². The fraction of sp³-hybridized carbons (Fsp3) is 0.400. The minimum Gasteiger partial charge on any atom is -0.497 e. The number of aromatic nitrogens is 2. The summed E-state index contributed by atoms with van der Waals surface area (Å²) in [7, 11) is 1.64. The molecule has 0 bridgehead atoms. The van der Waals surface area contributed by atoms with Crippen molar-refractivity contribution in [1.82, 2.24) is 10.2 Å². The van der Waals surface area contributed by atoms with Gasteiger partial charge in [-0.1, -0.05) is 23.5 Å². The van der Waals surface area contributed by atoms with E-state index in [1.54, 1.807) is 18.9 Å². The summed E-state index contributed by atoms with van der Waals surface area (Å²) in [6.45, 7) is 0. The van der Waals surface area contributed by atoms with E-state index >= 15 is 0 Å². The number of benzene rings is 1. The Balaban J connectivity index is 1.93. The molecule has 0 aliphatic carbocycles. The highest BCUT2D eigenvalue weighted by atomic mass is 32.2. The maximum Gasteiger partial charge on any atom is 0.243 e. The number of carbonyl (C=O) groups excluding carboxylic acids is 1. The molecular weight excluding hydrogens is 332 g/mol. The van der Waals surface area contributed by atoms with Crippen LogP contribution in [0.3, 0.4) is 0 Å². The van der Waals surface area contributed by atoms with E-state index < -0.39 is 6.04 Å². The van der Waals surface area contributed by atoms with Crippen LogP contribution < -0.4 is 15.8 Å². The lowest BCUT2D eigenvalue weighted by Gasteiger charge is -2.08. The Labute approximate surface area is 143 Å². The van der Waals surface area contributed by atoms with Crippen LogP contribution in [0.2, 0.25) is 0 Å². The van der Waals surface area contributed by atoms with E-state index in [1.165, 1.54) is 11.3 Å². The largest absolute Gasteiger partial charge is 0.497 e. The molecule has 0 radical (unpaired) electrons. The average molecular weight is 352 g/mol. The molecule has 1 aromatic carbocycles. The van der Waals surface area contributed by atoms with E-state index in [0.29, 0.717) is 18.0 Å². The number of thioether (sulfide) groups is 1. The highest BCUT2D eigenvalue weighted by Gasteiger charge is 2.15. The van der Waals surface area contributed by atoms with Crippen molar-refractivity contribution in [2.24, 2.45) is 5.73 Å². The number of ether oxygens (including phenoxy) is 1. The van der Waals surface area contributed by atoms with E-state index in [4.69, 9.17) is 10.5 Å². The summed E-state index contributed by atoms with van der Waals surface area (Å²) >= 11 is 3.02. The average Bonchev–Trinajstić information content (AvgIpc) is 2.99. The lowest BCUT2D eigenvalue weighted by Crippen LogP contribution is -2.36. The molecule has 6 nitrogen and oxygen atoms in total. The van der Waals surface area contributed by atoms with E-state index in [-0.39, 0.29) is 5.91 Å². The van der Waals surface area contributed by atoms with Gasteiger partial charge in [-0.3, -0.25) is 10.1 Å². The number of methoxy groups -OCH3 is 1. The maximum atomic E-state index is 11.9. The van der Waals surface area contributed by atoms with Gasteiger partial charge in [0.05, 0.1) is 13.2 Å². The third-order valence-corrected chi connectivity index (χ3v) is 4.64. The predicted octanol–water partition coefficient (Wildman–Crippen LogP) is 2.16. The molecule has 0 aliphatic rings. The van der Waals surface area contributed by atoms with Crippen LogP contribution in [0.4, 0.5) is 5.13 Å². The van der Waals surface area contributed by atoms with Crippen LogP contribution in [0.25, 0.3) is 0 Å². The Kier molecular flexibility index (Phi) is 6.82. The van der Waals surface area contributed by atoms with Crippen molar-refractivity contribution in [1.29, 1.82) is 0 Å². The second-order valence-corrected chi connectivity index (χ2v) is 6.95. The standard InChI is InChI=1S/C15H20N4O2S2/c1-21-11-5-3-4-10(8-11)9-13-18-19-15(23-13)17-14(20)12(16)6-7-22-2/h3-5,8,12H,6-7,9,16H2,1-2H3,(H,17,19,20)/t12-/m0/s1. The summed E-state index contributed by atoms with van der Waals surface area (Å²) in [5.41, 5.74) is 6.91. The molecule has 0 spiro atoms. The monoisotopic (exact) mass is 352 g/mol. The van der Waals surface area contributed by atoms with Crippen molar-refractivity contribution in [2.75, 3.05) is 24.4 Å². The number of nitrogens with one attached hydrogen (secondary N) is 1. The molecule has 23 heavy (non-hydrogen) atoms. The first-order valence-electron chi connectivity index (χ1n) is 7.13. The highest BCUT2D eigenvalue weighted by Crippen LogP contribution is 2.21. The summed E-state index contributed by atoms with van der Waals surface area (Å²) < 4.78 is 5.20. The molecule has 3 N–H and O–H groups in total. The minimum absolute atomic E-state index is 0.219. The Bertz CT molecular complexity index is 648. The molecule has 1 aromatic heterocycles. The summed E-state index contributed by atoms with van der Waals surface area (Å²) in [6.07, 6.45) is 3.27. The fourth-order valence-electron chi connectivity index (χ4n) is 1.91. The summed E-state index contributed by atoms with van der Waals surface area (Å²) in [4.78, 5) is 11.9. The second kappa shape index (κ2) is 8.85. The van der Waals surface area contributed by atoms with Crippen LogP contribution in [0, 0.1) is 0 Å². The normalized spacial score (nSPS) is 12.0. The zero-order valence-corrected chi connectivity index (χ0v) is 14.7. The van der Waals surface area contributed by atoms with Crippen molar-refractivity contribution >= 4 is 34.1 Å². The topological polar surface area (TPSA) is 90.1 Å². The number of amides is 1. The number of hydrogen-bond donors (Lipinski definition) is 2. The molecule has 0 unspecified atom stereocenters. The zero-order chi connectivity index (χ0) is 16.7. The van der Waals surface area contributed by atoms with Gasteiger partial charge >= 0.3 is 0 Å². The van der Waals surface area contributed by atoms with Gasteiger partial charge in [-0.15, -0.1) is 10.2 Å². The van der Waals surface area contributed by atoms with Gasteiger partial charge in [0, 0.05) is 6.42 Å². The van der Waals surface area contributed by atoms with Crippen molar-refractivity contribution in [3.05, 3.63) is 34.8 Å². The van der Waals surface area contributed by atoms with Gasteiger partial charge in [-0.25, -0.2) is 0 Å². The lowest BCUT2D eigenvalue weighted by atomic mass is 10.1. The van der Waals surface area contributed by atoms with Gasteiger partial charge in [-0.2, -0.15) is 11.8 Å². The second-order valence-electron chi connectivity index (χ2n) is 4.91. The molecular formula is C15H20N4O2S2. The molecule has 2 aromatic rings. The third kappa shape index (κ3) is 5.49. The van der Waals surface area contributed by atoms with E-state index in [9.17, 15) is 4.79 Å². The number of carbonyl (C=O) groups is 1. The molecule has 2 rings (SSSR count). The molecule has 1 heterocycles. The van der Waals surface area contributed by atoms with Gasteiger partial charge in [0.15, 0.2) is 0 Å². The first-order chi connectivity index (χ1) is 11.1. The molecule has 0 aliphatic heterocycles. The summed E-state index contributed by atoms with van der Waals surface area (Å²) in [5, 5.41) is 12.1. The Morgan fingerprint density at radius 1 is 1.48 bits per heavy atom. The number of nitrogens with two attached hydrogens (primary N) is 1. The predicted molar refractivity (Wildman–Crippen MR) is 95.3 cm³/mol. The molecule has 1 amide bonds. The van der Waals surface area contributed by atoms with Gasteiger partial charge in [0.1, 0.15) is 10.8 Å². The van der Waals surface area contributed by atoms with Gasteiger partial charge in [0.2, 0.25) is 11.0 Å². The van der Waals surface area contributed by atoms with E-state index in [1.807, 2.05) is 30.5 Å². The quantitative estimate of drug-likeness (QED) is 0.757. The number of anilines is 1. The number of rotatable bonds is 8. The fourth-order valence-corrected chi connectivity index (χ4v) is 3.17. The third-order valence-electron chi connectivity index (χ3n) is 3.16. The van der Waals surface area contributed by atoms with Crippen molar-refractivity contribution in [3.63, 3.8) is 0 Å². The van der Waals surface area contributed by atoms with Crippen LogP contribution in [-0.4, -0.2) is 41.3 Å². The van der Waals surface area contributed by atoms with Crippen LogP contribution in [0.5, 0.6) is 5.75 Å². The number of nitrogens with zero attached hydrogens (tertiary/aromatic N) is 2. The summed E-state index contributed by atoms with van der Waals surface area (Å²) in [6, 6.07) is 7.26. The smallest absolute Gasteiger partial charge is 0.243 e. The maximum absolute atomic E-state index is 11.9. The number of hydrogen-bond acceptors (Lipinski definition) is 7. The van der Waals surface area contributed by atoms with E-state index in [2.05, 4.69) is 15.5 Å². The van der Waals surface area contributed by atoms with Crippen LogP contribution >= 0.6 is 23.1 Å². The molecule has 0 saturated heterocycles. The summed E-state index contributed by atoms with van der Waals surface area (Å²) in [5.74, 6) is 1.44. The SMILES string of the molecule is COc1cccc(Cc2nnc(NC(=O)[C@@H](N)CCSC)s2)c1. The Hall–Kier alpha value is -1.64. The molecule has 124 valence electrons. The Morgan fingerprint density at radius 3 is 3.04 bits per heavy atom. The Morgan fingerprint density at radius 2 is 2.30 bits per heavy atom. The molecule has 8 heteroatoms. The van der Waals surface area contributed by atoms with Crippen molar-refractivity contribution in [3.8, 4) is 5.75 Å². The van der Waals surface area contributed by atoms with Crippen LogP contribution in [0.1, 0.15) is 17.0 Å². The van der Waals surface area contributed by atoms with Crippen LogP contribution in [0.15, 0.2) is 24.3 Å². The van der Waals surface area contributed by atoms with Gasteiger partial charge < -0.3 is 10.5 Å². The minimum atomic E-state index is -0.520. The molecule has 0 saturated carbocycles. The van der Waals surface area contributed by atoms with Gasteiger partial charge in [0.25, 0.3) is 0 Å². The van der Waals surface area contributed by atoms with Gasteiger partial charge in [-0.05, 0) is 36.1 Å². The zero-order valence-electron chi connectivity index (χ0n) is 13.1. The highest BCUT2D eigenvalue weighted by molar-refractivity contribution is 7.98. The lowest BCUT2D eigenvalue weighted by molar-refractivity contribution is -0.117. The molecule has 1 atom stereocenters.